The van der Waals surface area contributed by atoms with Gasteiger partial charge in [0.25, 0.3) is 5.91 Å². The molecule has 0 spiro atoms. The van der Waals surface area contributed by atoms with E-state index in [0.717, 1.165) is 28.2 Å². The van der Waals surface area contributed by atoms with Crippen LogP contribution in [0, 0.1) is 0 Å². The Balaban J connectivity index is 1.71. The molecule has 0 unspecified atom stereocenters. The smallest absolute Gasteiger partial charge is 0.253 e. The van der Waals surface area contributed by atoms with Gasteiger partial charge >= 0.3 is 0 Å². The second kappa shape index (κ2) is 9.04. The van der Waals surface area contributed by atoms with Crippen molar-refractivity contribution in [3.63, 3.8) is 0 Å². The molecule has 0 fully saturated rings. The summed E-state index contributed by atoms with van der Waals surface area (Å²) in [5.41, 5.74) is 3.16. The van der Waals surface area contributed by atoms with Crippen LogP contribution in [0.4, 0.5) is 0 Å². The number of hydrogen-bond acceptors (Lipinski definition) is 6. The van der Waals surface area contributed by atoms with Gasteiger partial charge in [-0.05, 0) is 50.2 Å². The van der Waals surface area contributed by atoms with Crippen LogP contribution in [0.5, 0.6) is 17.4 Å². The number of carbonyl (C=O) groups is 1. The molecule has 0 radical (unpaired) electrons. The lowest BCUT2D eigenvalue weighted by Gasteiger charge is -2.29. The molecular formula is C24H25N3O4. The molecule has 0 saturated carbocycles. The zero-order valence-corrected chi connectivity index (χ0v) is 17.8. The maximum Gasteiger partial charge on any atom is 0.253 e. The van der Waals surface area contributed by atoms with Gasteiger partial charge in [0.05, 0.1) is 24.8 Å². The Kier molecular flexibility index (Phi) is 6.02. The molecule has 160 valence electrons. The second-order valence-electron chi connectivity index (χ2n) is 7.57. The van der Waals surface area contributed by atoms with Crippen LogP contribution in [-0.2, 0) is 6.42 Å². The highest BCUT2D eigenvalue weighted by atomic mass is 16.5. The molecule has 1 aliphatic rings. The molecule has 1 aliphatic heterocycles. The number of hydrogen-bond donors (Lipinski definition) is 1. The number of ether oxygens (including phenoxy) is 3. The van der Waals surface area contributed by atoms with E-state index >= 15 is 0 Å². The number of amides is 1. The third kappa shape index (κ3) is 4.45. The molecule has 7 heteroatoms. The summed E-state index contributed by atoms with van der Waals surface area (Å²) in [7, 11) is 1.59. The molecule has 0 aliphatic carbocycles. The Morgan fingerprint density at radius 3 is 2.77 bits per heavy atom. The van der Waals surface area contributed by atoms with Gasteiger partial charge in [-0.3, -0.25) is 9.78 Å². The maximum atomic E-state index is 12.6. The normalized spacial score (nSPS) is 15.0. The van der Waals surface area contributed by atoms with Crippen molar-refractivity contribution in [3.8, 4) is 28.5 Å². The largest absolute Gasteiger partial charge is 0.491 e. The summed E-state index contributed by atoms with van der Waals surface area (Å²) in [6, 6.07) is 10.9. The SMILES string of the molecule is COc1ncccc1-c1c(OC(C)C)ccc2c1C[C@H](NC(=O)c1cccnc1)CO2. The summed E-state index contributed by atoms with van der Waals surface area (Å²) in [6.45, 7) is 4.35. The Labute approximate surface area is 181 Å². The van der Waals surface area contributed by atoms with Gasteiger partial charge in [0.2, 0.25) is 5.88 Å². The zero-order chi connectivity index (χ0) is 21.8. The number of methoxy groups -OCH3 is 1. The fourth-order valence-corrected chi connectivity index (χ4v) is 3.69. The van der Waals surface area contributed by atoms with Crippen molar-refractivity contribution >= 4 is 5.91 Å². The Hall–Kier alpha value is -3.61. The Morgan fingerprint density at radius 1 is 1.19 bits per heavy atom. The third-order valence-electron chi connectivity index (χ3n) is 4.98. The van der Waals surface area contributed by atoms with E-state index in [-0.39, 0.29) is 18.1 Å². The van der Waals surface area contributed by atoms with Gasteiger partial charge < -0.3 is 19.5 Å². The van der Waals surface area contributed by atoms with E-state index in [9.17, 15) is 4.79 Å². The molecule has 0 bridgehead atoms. The van der Waals surface area contributed by atoms with E-state index in [0.29, 0.717) is 24.5 Å². The van der Waals surface area contributed by atoms with Crippen LogP contribution in [0.3, 0.4) is 0 Å². The fourth-order valence-electron chi connectivity index (χ4n) is 3.69. The Morgan fingerprint density at radius 2 is 2.03 bits per heavy atom. The second-order valence-corrected chi connectivity index (χ2v) is 7.57. The predicted molar refractivity (Wildman–Crippen MR) is 117 cm³/mol. The van der Waals surface area contributed by atoms with E-state index in [1.54, 1.807) is 37.8 Å². The van der Waals surface area contributed by atoms with Gasteiger partial charge in [-0.2, -0.15) is 0 Å². The first-order chi connectivity index (χ1) is 15.1. The number of aromatic nitrogens is 2. The molecule has 31 heavy (non-hydrogen) atoms. The molecule has 1 aromatic carbocycles. The quantitative estimate of drug-likeness (QED) is 0.656. The molecule has 4 rings (SSSR count). The minimum atomic E-state index is -0.198. The first-order valence-electron chi connectivity index (χ1n) is 10.2. The molecule has 7 nitrogen and oxygen atoms in total. The number of benzene rings is 1. The van der Waals surface area contributed by atoms with Gasteiger partial charge in [-0.25, -0.2) is 4.98 Å². The molecule has 1 amide bonds. The van der Waals surface area contributed by atoms with Crippen LogP contribution < -0.4 is 19.5 Å². The van der Waals surface area contributed by atoms with Gasteiger partial charge in [-0.1, -0.05) is 0 Å². The highest BCUT2D eigenvalue weighted by Crippen LogP contribution is 2.44. The molecule has 1 atom stereocenters. The summed E-state index contributed by atoms with van der Waals surface area (Å²) in [5, 5.41) is 3.05. The molecule has 0 saturated heterocycles. The zero-order valence-electron chi connectivity index (χ0n) is 17.8. The average molecular weight is 419 g/mol. The highest BCUT2D eigenvalue weighted by molar-refractivity contribution is 5.94. The lowest BCUT2D eigenvalue weighted by Crippen LogP contribution is -2.43. The van der Waals surface area contributed by atoms with Gasteiger partial charge in [0.15, 0.2) is 0 Å². The number of rotatable bonds is 6. The lowest BCUT2D eigenvalue weighted by atomic mass is 9.92. The van der Waals surface area contributed by atoms with Crippen molar-refractivity contribution in [2.45, 2.75) is 32.4 Å². The lowest BCUT2D eigenvalue weighted by molar-refractivity contribution is 0.0915. The summed E-state index contributed by atoms with van der Waals surface area (Å²) >= 11 is 0. The van der Waals surface area contributed by atoms with Crippen molar-refractivity contribution in [2.24, 2.45) is 0 Å². The molecule has 1 N–H and O–H groups in total. The van der Waals surface area contributed by atoms with Crippen molar-refractivity contribution in [1.82, 2.24) is 15.3 Å². The topological polar surface area (TPSA) is 82.6 Å². The number of carbonyl (C=O) groups excluding carboxylic acids is 1. The highest BCUT2D eigenvalue weighted by Gasteiger charge is 2.28. The monoisotopic (exact) mass is 419 g/mol. The first kappa shape index (κ1) is 20.7. The standard InChI is InChI=1S/C24H25N3O4/c1-15(2)31-21-9-8-20-19(22(21)18-7-5-11-26-24(18)29-3)12-17(14-30-20)27-23(28)16-6-4-10-25-13-16/h4-11,13,15,17H,12,14H2,1-3H3,(H,27,28)/t17-/m0/s1. The number of fused-ring (bicyclic) bond motifs is 1. The third-order valence-corrected chi connectivity index (χ3v) is 4.98. The van der Waals surface area contributed by atoms with Crippen molar-refractivity contribution in [1.29, 1.82) is 0 Å². The van der Waals surface area contributed by atoms with Crippen LogP contribution in [0.2, 0.25) is 0 Å². The van der Waals surface area contributed by atoms with E-state index in [1.165, 1.54) is 0 Å². The van der Waals surface area contributed by atoms with Gasteiger partial charge in [0, 0.05) is 41.7 Å². The number of nitrogens with zero attached hydrogens (tertiary/aromatic N) is 2. The summed E-state index contributed by atoms with van der Waals surface area (Å²) in [5.74, 6) is 1.82. The number of nitrogens with one attached hydrogen (secondary N) is 1. The molecular weight excluding hydrogens is 394 g/mol. The fraction of sp³-hybridized carbons (Fsp3) is 0.292. The van der Waals surface area contributed by atoms with Crippen LogP contribution in [-0.4, -0.2) is 41.7 Å². The molecule has 2 aromatic heterocycles. The average Bonchev–Trinajstić information content (AvgIpc) is 2.79. The predicted octanol–water partition coefficient (Wildman–Crippen LogP) is 3.67. The van der Waals surface area contributed by atoms with Crippen LogP contribution in [0.1, 0.15) is 29.8 Å². The Bertz CT molecular complexity index is 1070. The van der Waals surface area contributed by atoms with Crippen molar-refractivity contribution in [2.75, 3.05) is 13.7 Å². The van der Waals surface area contributed by atoms with E-state index in [1.807, 2.05) is 38.1 Å². The van der Waals surface area contributed by atoms with Crippen LogP contribution in [0.25, 0.3) is 11.1 Å². The summed E-state index contributed by atoms with van der Waals surface area (Å²) in [4.78, 5) is 21.0. The first-order valence-corrected chi connectivity index (χ1v) is 10.2. The molecule has 3 aromatic rings. The van der Waals surface area contributed by atoms with E-state index < -0.39 is 0 Å². The van der Waals surface area contributed by atoms with Crippen LogP contribution >= 0.6 is 0 Å². The van der Waals surface area contributed by atoms with Crippen molar-refractivity contribution in [3.05, 3.63) is 66.1 Å². The summed E-state index contributed by atoms with van der Waals surface area (Å²) < 4.78 is 17.7. The van der Waals surface area contributed by atoms with E-state index in [2.05, 4.69) is 15.3 Å². The number of pyridine rings is 2. The molecule has 3 heterocycles. The van der Waals surface area contributed by atoms with Crippen molar-refractivity contribution < 1.29 is 19.0 Å². The maximum absolute atomic E-state index is 12.6. The van der Waals surface area contributed by atoms with Gasteiger partial charge in [-0.15, -0.1) is 0 Å². The van der Waals surface area contributed by atoms with Gasteiger partial charge in [0.1, 0.15) is 18.1 Å². The van der Waals surface area contributed by atoms with E-state index in [4.69, 9.17) is 14.2 Å². The summed E-state index contributed by atoms with van der Waals surface area (Å²) in [6.07, 6.45) is 5.46. The minimum Gasteiger partial charge on any atom is -0.491 e. The minimum absolute atomic E-state index is 0.00921. The van der Waals surface area contributed by atoms with Crippen LogP contribution in [0.15, 0.2) is 55.0 Å².